The van der Waals surface area contributed by atoms with E-state index in [1.165, 1.54) is 11.3 Å². The largest absolute Gasteiger partial charge is 0.383 e. The maximum Gasteiger partial charge on any atom is 0.254 e. The number of hydrogen-bond acceptors (Lipinski definition) is 6. The van der Waals surface area contributed by atoms with E-state index in [9.17, 15) is 9.59 Å². The van der Waals surface area contributed by atoms with E-state index in [0.29, 0.717) is 29.8 Å². The molecule has 158 valence electrons. The highest BCUT2D eigenvalue weighted by Gasteiger charge is 2.55. The van der Waals surface area contributed by atoms with Gasteiger partial charge in [-0.15, -0.1) is 10.2 Å². The van der Waals surface area contributed by atoms with Gasteiger partial charge in [0.2, 0.25) is 11.0 Å². The van der Waals surface area contributed by atoms with E-state index in [2.05, 4.69) is 15.5 Å². The second kappa shape index (κ2) is 7.74. The third-order valence-electron chi connectivity index (χ3n) is 6.67. The van der Waals surface area contributed by atoms with Crippen LogP contribution in [-0.2, 0) is 9.53 Å². The lowest BCUT2D eigenvalue weighted by molar-refractivity contribution is -0.121. The second-order valence-corrected chi connectivity index (χ2v) is 9.50. The van der Waals surface area contributed by atoms with E-state index in [0.717, 1.165) is 49.1 Å². The van der Waals surface area contributed by atoms with Crippen molar-refractivity contribution in [3.05, 3.63) is 40.4 Å². The van der Waals surface area contributed by atoms with Gasteiger partial charge in [-0.2, -0.15) is 0 Å². The number of rotatable bonds is 6. The molecule has 3 aliphatic rings. The number of nitrogens with zero attached hydrogens (tertiary/aromatic N) is 3. The number of amides is 2. The van der Waals surface area contributed by atoms with Gasteiger partial charge in [0, 0.05) is 25.1 Å². The summed E-state index contributed by atoms with van der Waals surface area (Å²) in [7, 11) is 1.64. The smallest absolute Gasteiger partial charge is 0.254 e. The third-order valence-corrected chi connectivity index (χ3v) is 7.67. The van der Waals surface area contributed by atoms with Gasteiger partial charge in [-0.1, -0.05) is 42.4 Å². The molecule has 2 aliphatic carbocycles. The minimum Gasteiger partial charge on any atom is -0.383 e. The van der Waals surface area contributed by atoms with Crippen LogP contribution in [0.4, 0.5) is 5.13 Å². The number of fused-ring (bicyclic) bond motifs is 1. The lowest BCUT2D eigenvalue weighted by atomic mass is 9.71. The predicted octanol–water partition coefficient (Wildman–Crippen LogP) is 3.55. The van der Waals surface area contributed by atoms with E-state index >= 15 is 0 Å². The van der Waals surface area contributed by atoms with E-state index < -0.39 is 11.5 Å². The van der Waals surface area contributed by atoms with Crippen molar-refractivity contribution >= 4 is 28.3 Å². The van der Waals surface area contributed by atoms with Crippen molar-refractivity contribution in [1.29, 1.82) is 0 Å². The van der Waals surface area contributed by atoms with Crippen molar-refractivity contribution < 1.29 is 14.3 Å². The second-order valence-electron chi connectivity index (χ2n) is 8.49. The molecule has 1 atom stereocenters. The van der Waals surface area contributed by atoms with Crippen LogP contribution in [0.5, 0.6) is 0 Å². The monoisotopic (exact) mass is 426 g/mol. The quantitative estimate of drug-likeness (QED) is 0.764. The number of hydrogen-bond donors (Lipinski definition) is 1. The van der Waals surface area contributed by atoms with E-state index in [4.69, 9.17) is 4.74 Å². The van der Waals surface area contributed by atoms with Crippen molar-refractivity contribution in [2.45, 2.75) is 55.9 Å². The predicted molar refractivity (Wildman–Crippen MR) is 114 cm³/mol. The Kier molecular flexibility index (Phi) is 5.06. The summed E-state index contributed by atoms with van der Waals surface area (Å²) in [6, 6.07) is 7.53. The highest BCUT2D eigenvalue weighted by atomic mass is 32.1. The lowest BCUT2D eigenvalue weighted by Gasteiger charge is -2.50. The van der Waals surface area contributed by atoms with Gasteiger partial charge in [0.05, 0.1) is 18.1 Å². The van der Waals surface area contributed by atoms with Crippen LogP contribution >= 0.6 is 11.3 Å². The van der Waals surface area contributed by atoms with Crippen molar-refractivity contribution in [1.82, 2.24) is 15.1 Å². The maximum absolute atomic E-state index is 13.7. The van der Waals surface area contributed by atoms with Crippen LogP contribution in [0.3, 0.4) is 0 Å². The Labute approximate surface area is 179 Å². The number of nitrogens with one attached hydrogen (secondary N) is 1. The molecule has 30 heavy (non-hydrogen) atoms. The molecule has 2 heterocycles. The number of carbonyl (C=O) groups excluding carboxylic acids is 2. The van der Waals surface area contributed by atoms with Gasteiger partial charge in [0.15, 0.2) is 0 Å². The van der Waals surface area contributed by atoms with Crippen LogP contribution < -0.4 is 5.32 Å². The van der Waals surface area contributed by atoms with Crippen LogP contribution in [0.25, 0.3) is 0 Å². The average Bonchev–Trinajstić information content (AvgIpc) is 3.31. The van der Waals surface area contributed by atoms with Crippen LogP contribution in [-0.4, -0.2) is 52.7 Å². The minimum atomic E-state index is -0.516. The molecule has 2 fully saturated rings. The van der Waals surface area contributed by atoms with E-state index in [1.807, 2.05) is 29.2 Å². The summed E-state index contributed by atoms with van der Waals surface area (Å²) in [5.41, 5.74) is 0.919. The summed E-state index contributed by atoms with van der Waals surface area (Å²) >= 11 is 1.47. The van der Waals surface area contributed by atoms with Crippen LogP contribution in [0.15, 0.2) is 24.3 Å². The van der Waals surface area contributed by atoms with Crippen molar-refractivity contribution in [2.24, 2.45) is 0 Å². The standard InChI is InChI=1S/C22H26N4O3S/c1-29-13-12-26-20(28)16-7-3-2-6-15(16)17(22(26)10-4-5-11-22)18(27)23-21-25-24-19(30-21)14-8-9-14/h2-3,6-7,14,17H,4-5,8-13H2,1H3,(H,23,25,27)/t17-/m1/s1. The number of aromatic nitrogens is 2. The third kappa shape index (κ3) is 3.22. The molecule has 8 heteroatoms. The Hall–Kier alpha value is -2.32. The number of benzene rings is 1. The summed E-state index contributed by atoms with van der Waals surface area (Å²) < 4.78 is 5.30. The fourth-order valence-electron chi connectivity index (χ4n) is 5.13. The zero-order valence-electron chi connectivity index (χ0n) is 17.1. The zero-order valence-corrected chi connectivity index (χ0v) is 17.9. The molecule has 5 rings (SSSR count). The lowest BCUT2D eigenvalue weighted by Crippen LogP contribution is -2.60. The fourth-order valence-corrected chi connectivity index (χ4v) is 6.05. The number of ether oxygens (including phenoxy) is 1. The summed E-state index contributed by atoms with van der Waals surface area (Å²) in [6.45, 7) is 0.934. The Morgan fingerprint density at radius 3 is 2.77 bits per heavy atom. The molecule has 1 aromatic heterocycles. The molecular formula is C22H26N4O3S. The fraction of sp³-hybridized carbons (Fsp3) is 0.545. The Morgan fingerprint density at radius 2 is 2.03 bits per heavy atom. The molecule has 0 bridgehead atoms. The average molecular weight is 427 g/mol. The van der Waals surface area contributed by atoms with Gasteiger partial charge < -0.3 is 9.64 Å². The van der Waals surface area contributed by atoms with Crippen LogP contribution in [0.2, 0.25) is 0 Å². The number of carbonyl (C=O) groups is 2. The maximum atomic E-state index is 13.7. The Balaban J connectivity index is 1.53. The van der Waals surface area contributed by atoms with Crippen LogP contribution in [0.1, 0.15) is 71.3 Å². The summed E-state index contributed by atoms with van der Waals surface area (Å²) in [5.74, 6) is -0.0239. The van der Waals surface area contributed by atoms with Gasteiger partial charge in [-0.05, 0) is 37.3 Å². The van der Waals surface area contributed by atoms with Gasteiger partial charge in [-0.3, -0.25) is 14.9 Å². The van der Waals surface area contributed by atoms with E-state index in [1.54, 1.807) is 7.11 Å². The molecule has 1 aromatic carbocycles. The Morgan fingerprint density at radius 1 is 1.27 bits per heavy atom. The highest BCUT2D eigenvalue weighted by Crippen LogP contribution is 2.50. The number of anilines is 1. The van der Waals surface area contributed by atoms with Crippen molar-refractivity contribution in [2.75, 3.05) is 25.6 Å². The first-order valence-corrected chi connectivity index (χ1v) is 11.5. The first-order valence-electron chi connectivity index (χ1n) is 10.7. The topological polar surface area (TPSA) is 84.4 Å². The normalized spacial score (nSPS) is 22.4. The number of methoxy groups -OCH3 is 1. The SMILES string of the molecule is COCCN1C(=O)c2ccccc2[C@H](C(=O)Nc2nnc(C3CC3)s2)C12CCCC2. The molecule has 0 saturated heterocycles. The van der Waals surface area contributed by atoms with Gasteiger partial charge >= 0.3 is 0 Å². The molecule has 1 spiro atoms. The summed E-state index contributed by atoms with van der Waals surface area (Å²) in [4.78, 5) is 29.0. The highest BCUT2D eigenvalue weighted by molar-refractivity contribution is 7.15. The molecule has 1 aliphatic heterocycles. The van der Waals surface area contributed by atoms with Crippen LogP contribution in [0, 0.1) is 0 Å². The summed E-state index contributed by atoms with van der Waals surface area (Å²) in [5, 5.41) is 13.0. The molecule has 2 amide bonds. The van der Waals surface area contributed by atoms with Gasteiger partial charge in [0.1, 0.15) is 5.01 Å². The van der Waals surface area contributed by atoms with Crippen molar-refractivity contribution in [3.63, 3.8) is 0 Å². The molecular weight excluding hydrogens is 400 g/mol. The molecule has 0 unspecified atom stereocenters. The Bertz CT molecular complexity index is 965. The molecule has 2 saturated carbocycles. The molecule has 0 radical (unpaired) electrons. The zero-order chi connectivity index (χ0) is 20.7. The van der Waals surface area contributed by atoms with Gasteiger partial charge in [0.25, 0.3) is 5.91 Å². The van der Waals surface area contributed by atoms with E-state index in [-0.39, 0.29) is 11.8 Å². The first-order chi connectivity index (χ1) is 14.6. The molecule has 7 nitrogen and oxygen atoms in total. The first kappa shape index (κ1) is 19.6. The minimum absolute atomic E-state index is 0.000495. The van der Waals surface area contributed by atoms with Crippen molar-refractivity contribution in [3.8, 4) is 0 Å². The summed E-state index contributed by atoms with van der Waals surface area (Å²) in [6.07, 6.45) is 5.95. The van der Waals surface area contributed by atoms with Gasteiger partial charge in [-0.25, -0.2) is 0 Å². The molecule has 2 aromatic rings. The molecule has 1 N–H and O–H groups in total.